The molecule has 0 unspecified atom stereocenters. The summed E-state index contributed by atoms with van der Waals surface area (Å²) in [4.78, 5) is 16.1. The number of fused-ring (bicyclic) bond motifs is 1. The molecular formula is C14H15NO2S. The number of carboxylic acids is 1. The van der Waals surface area contributed by atoms with E-state index in [1.54, 1.807) is 11.3 Å². The molecule has 0 spiro atoms. The Labute approximate surface area is 109 Å². The van der Waals surface area contributed by atoms with Crippen molar-refractivity contribution in [1.29, 1.82) is 0 Å². The van der Waals surface area contributed by atoms with Crippen molar-refractivity contribution in [3.8, 4) is 0 Å². The quantitative estimate of drug-likeness (QED) is 0.900. The molecule has 0 bridgehead atoms. The van der Waals surface area contributed by atoms with E-state index in [2.05, 4.69) is 4.98 Å². The summed E-state index contributed by atoms with van der Waals surface area (Å²) in [7, 11) is 0. The van der Waals surface area contributed by atoms with Gasteiger partial charge >= 0.3 is 5.97 Å². The molecule has 0 amide bonds. The van der Waals surface area contributed by atoms with Crippen molar-refractivity contribution in [1.82, 2.24) is 4.98 Å². The minimum absolute atomic E-state index is 0.675. The van der Waals surface area contributed by atoms with Crippen molar-refractivity contribution < 1.29 is 9.90 Å². The maximum Gasteiger partial charge on any atom is 0.314 e. The lowest BCUT2D eigenvalue weighted by atomic mass is 9.79. The van der Waals surface area contributed by atoms with Gasteiger partial charge in [0.2, 0.25) is 0 Å². The van der Waals surface area contributed by atoms with Crippen LogP contribution >= 0.6 is 11.3 Å². The highest BCUT2D eigenvalue weighted by Crippen LogP contribution is 2.42. The molecule has 1 aliphatic rings. The molecule has 18 heavy (non-hydrogen) atoms. The van der Waals surface area contributed by atoms with E-state index >= 15 is 0 Å². The third kappa shape index (κ3) is 1.63. The second-order valence-electron chi connectivity index (χ2n) is 5.01. The number of carboxylic acid groups (broad SMARTS) is 1. The number of nitrogens with zero attached hydrogens (tertiary/aromatic N) is 1. The highest BCUT2D eigenvalue weighted by Gasteiger charge is 2.42. The molecule has 0 saturated heterocycles. The van der Waals surface area contributed by atoms with Crippen LogP contribution in [0.5, 0.6) is 0 Å². The SMILES string of the molecule is Cc1nc2cc(C3(C(=O)O)CCCC3)ccc2s1. The van der Waals surface area contributed by atoms with Crippen molar-refractivity contribution in [2.75, 3.05) is 0 Å². The maximum absolute atomic E-state index is 11.6. The first-order valence-electron chi connectivity index (χ1n) is 6.23. The summed E-state index contributed by atoms with van der Waals surface area (Å²) >= 11 is 1.65. The van der Waals surface area contributed by atoms with Gasteiger partial charge in [-0.1, -0.05) is 18.9 Å². The number of benzene rings is 1. The summed E-state index contributed by atoms with van der Waals surface area (Å²) in [6, 6.07) is 5.95. The number of aromatic nitrogens is 1. The normalized spacial score (nSPS) is 18.3. The molecule has 1 aliphatic carbocycles. The number of aryl methyl sites for hydroxylation is 1. The van der Waals surface area contributed by atoms with Gasteiger partial charge in [-0.05, 0) is 37.5 Å². The Morgan fingerprint density at radius 2 is 2.11 bits per heavy atom. The first-order valence-corrected chi connectivity index (χ1v) is 7.04. The first-order chi connectivity index (χ1) is 8.62. The second kappa shape index (κ2) is 4.05. The summed E-state index contributed by atoms with van der Waals surface area (Å²) in [5.41, 5.74) is 1.18. The van der Waals surface area contributed by atoms with Crippen molar-refractivity contribution in [3.63, 3.8) is 0 Å². The zero-order valence-corrected chi connectivity index (χ0v) is 11.1. The van der Waals surface area contributed by atoms with Gasteiger partial charge in [0.05, 0.1) is 20.6 Å². The van der Waals surface area contributed by atoms with Crippen LogP contribution in [-0.2, 0) is 10.2 Å². The highest BCUT2D eigenvalue weighted by molar-refractivity contribution is 7.18. The molecule has 3 rings (SSSR count). The van der Waals surface area contributed by atoms with Crippen molar-refractivity contribution in [3.05, 3.63) is 28.8 Å². The molecule has 0 atom stereocenters. The molecule has 1 aromatic carbocycles. The third-order valence-electron chi connectivity index (χ3n) is 3.91. The minimum atomic E-state index is -0.689. The molecule has 1 saturated carbocycles. The van der Waals surface area contributed by atoms with E-state index in [9.17, 15) is 9.90 Å². The van der Waals surface area contributed by atoms with Gasteiger partial charge in [-0.2, -0.15) is 0 Å². The molecule has 94 valence electrons. The zero-order chi connectivity index (χ0) is 12.8. The van der Waals surface area contributed by atoms with Gasteiger partial charge in [-0.3, -0.25) is 4.79 Å². The molecule has 2 aromatic rings. The number of rotatable bonds is 2. The van der Waals surface area contributed by atoms with Gasteiger partial charge in [0.1, 0.15) is 0 Å². The monoisotopic (exact) mass is 261 g/mol. The number of hydrogen-bond donors (Lipinski definition) is 1. The van der Waals surface area contributed by atoms with Gasteiger partial charge in [-0.25, -0.2) is 4.98 Å². The largest absolute Gasteiger partial charge is 0.481 e. The summed E-state index contributed by atoms with van der Waals surface area (Å²) < 4.78 is 1.13. The molecular weight excluding hydrogens is 246 g/mol. The zero-order valence-electron chi connectivity index (χ0n) is 10.3. The molecule has 1 fully saturated rings. The summed E-state index contributed by atoms with van der Waals surface area (Å²) in [6.45, 7) is 1.98. The Bertz CT molecular complexity index is 611. The molecule has 1 heterocycles. The molecule has 0 aliphatic heterocycles. The van der Waals surface area contributed by atoms with E-state index in [1.807, 2.05) is 25.1 Å². The predicted octanol–water partition coefficient (Wildman–Crippen LogP) is 3.50. The standard InChI is InChI=1S/C14H15NO2S/c1-9-15-11-8-10(4-5-12(11)18-9)14(13(16)17)6-2-3-7-14/h4-5,8H,2-3,6-7H2,1H3,(H,16,17). The molecule has 3 nitrogen and oxygen atoms in total. The highest BCUT2D eigenvalue weighted by atomic mass is 32.1. The van der Waals surface area contributed by atoms with E-state index in [0.29, 0.717) is 0 Å². The second-order valence-corrected chi connectivity index (χ2v) is 6.24. The van der Waals surface area contributed by atoms with Crippen LogP contribution in [0.25, 0.3) is 10.2 Å². The lowest BCUT2D eigenvalue weighted by molar-refractivity contribution is -0.143. The number of aliphatic carboxylic acids is 1. The van der Waals surface area contributed by atoms with Gasteiger partial charge in [0.15, 0.2) is 0 Å². The van der Waals surface area contributed by atoms with Gasteiger partial charge in [-0.15, -0.1) is 11.3 Å². The van der Waals surface area contributed by atoms with Crippen molar-refractivity contribution in [2.45, 2.75) is 38.0 Å². The van der Waals surface area contributed by atoms with Gasteiger partial charge < -0.3 is 5.11 Å². The Morgan fingerprint density at radius 3 is 2.78 bits per heavy atom. The lowest BCUT2D eigenvalue weighted by Crippen LogP contribution is -2.32. The molecule has 1 aromatic heterocycles. The molecule has 1 N–H and O–H groups in total. The Hall–Kier alpha value is -1.42. The average Bonchev–Trinajstić information content (AvgIpc) is 2.92. The Kier molecular flexibility index (Phi) is 2.63. The maximum atomic E-state index is 11.6. The summed E-state index contributed by atoms with van der Waals surface area (Å²) in [5, 5.41) is 10.6. The molecule has 0 radical (unpaired) electrons. The summed E-state index contributed by atoms with van der Waals surface area (Å²) in [5.74, 6) is -0.689. The van der Waals surface area contributed by atoms with E-state index in [-0.39, 0.29) is 0 Å². The number of hydrogen-bond acceptors (Lipinski definition) is 3. The van der Waals surface area contributed by atoms with Gasteiger partial charge in [0, 0.05) is 0 Å². The van der Waals surface area contributed by atoms with Crippen molar-refractivity contribution in [2.24, 2.45) is 0 Å². The van der Waals surface area contributed by atoms with Crippen LogP contribution in [0, 0.1) is 6.92 Å². The van der Waals surface area contributed by atoms with Crippen molar-refractivity contribution >= 4 is 27.5 Å². The van der Waals surface area contributed by atoms with E-state index in [4.69, 9.17) is 0 Å². The third-order valence-corrected chi connectivity index (χ3v) is 4.87. The Balaban J connectivity index is 2.14. The lowest BCUT2D eigenvalue weighted by Gasteiger charge is -2.24. The van der Waals surface area contributed by atoms with Crippen LogP contribution in [0.15, 0.2) is 18.2 Å². The number of carbonyl (C=O) groups is 1. The van der Waals surface area contributed by atoms with Crippen LogP contribution in [0.1, 0.15) is 36.3 Å². The average molecular weight is 261 g/mol. The van der Waals surface area contributed by atoms with Crippen LogP contribution in [0.4, 0.5) is 0 Å². The Morgan fingerprint density at radius 1 is 1.39 bits per heavy atom. The number of thiazole rings is 1. The fourth-order valence-electron chi connectivity index (χ4n) is 2.94. The fraction of sp³-hybridized carbons (Fsp3) is 0.429. The topological polar surface area (TPSA) is 50.2 Å². The van der Waals surface area contributed by atoms with Crippen LogP contribution in [-0.4, -0.2) is 16.1 Å². The predicted molar refractivity (Wildman–Crippen MR) is 72.1 cm³/mol. The first kappa shape index (κ1) is 11.7. The van der Waals surface area contributed by atoms with E-state index < -0.39 is 11.4 Å². The smallest absolute Gasteiger partial charge is 0.314 e. The van der Waals surface area contributed by atoms with Crippen LogP contribution in [0.3, 0.4) is 0 Å². The minimum Gasteiger partial charge on any atom is -0.481 e. The van der Waals surface area contributed by atoms with Crippen LogP contribution < -0.4 is 0 Å². The summed E-state index contributed by atoms with van der Waals surface area (Å²) in [6.07, 6.45) is 3.49. The van der Waals surface area contributed by atoms with Crippen LogP contribution in [0.2, 0.25) is 0 Å². The van der Waals surface area contributed by atoms with E-state index in [0.717, 1.165) is 46.5 Å². The van der Waals surface area contributed by atoms with E-state index in [1.165, 1.54) is 0 Å². The van der Waals surface area contributed by atoms with Gasteiger partial charge in [0.25, 0.3) is 0 Å². The fourth-order valence-corrected chi connectivity index (χ4v) is 3.75. The molecule has 4 heteroatoms.